The largest absolute Gasteiger partial charge is 0.294 e. The summed E-state index contributed by atoms with van der Waals surface area (Å²) in [4.78, 5) is 20.2. The number of carbonyl (C=O) groups excluding carboxylic acids is 1. The molecule has 0 unspecified atom stereocenters. The van der Waals surface area contributed by atoms with Gasteiger partial charge in [0.05, 0.1) is 5.56 Å². The highest BCUT2D eigenvalue weighted by atomic mass is 32.2. The second-order valence-electron chi connectivity index (χ2n) is 3.81. The van der Waals surface area contributed by atoms with Crippen LogP contribution in [0.1, 0.15) is 22.8 Å². The van der Waals surface area contributed by atoms with Crippen LogP contribution in [0.3, 0.4) is 0 Å². The van der Waals surface area contributed by atoms with E-state index in [1.165, 1.54) is 24.8 Å². The Morgan fingerprint density at radius 3 is 2.56 bits per heavy atom. The van der Waals surface area contributed by atoms with Gasteiger partial charge < -0.3 is 0 Å². The number of aryl methyl sites for hydroxylation is 1. The third-order valence-corrected chi connectivity index (χ3v) is 3.24. The smallest absolute Gasteiger partial charge is 0.192 e. The molecule has 0 aliphatic rings. The topological polar surface area (TPSA) is 42.9 Å². The summed E-state index contributed by atoms with van der Waals surface area (Å²) in [6.45, 7) is 3.23. The van der Waals surface area contributed by atoms with Crippen molar-refractivity contribution in [1.82, 2.24) is 9.97 Å². The van der Waals surface area contributed by atoms with Crippen molar-refractivity contribution in [3.63, 3.8) is 0 Å². The lowest BCUT2D eigenvalue weighted by Gasteiger charge is -2.06. The van der Waals surface area contributed by atoms with Crippen molar-refractivity contribution >= 4 is 17.5 Å². The Bertz CT molecular complexity index is 584. The Hall–Kier alpha value is -1.75. The number of benzene rings is 1. The second-order valence-corrected chi connectivity index (χ2v) is 4.82. The summed E-state index contributed by atoms with van der Waals surface area (Å²) in [5, 5.41) is 0.494. The number of carbonyl (C=O) groups is 1. The SMILES string of the molecule is CC(=O)c1c(F)cccc1Sc1ncc(C)cn1. The minimum absolute atomic E-state index is 0.0895. The minimum atomic E-state index is -0.514. The van der Waals surface area contributed by atoms with Crippen LogP contribution in [0.2, 0.25) is 0 Å². The van der Waals surface area contributed by atoms with Gasteiger partial charge in [0.2, 0.25) is 0 Å². The number of rotatable bonds is 3. The van der Waals surface area contributed by atoms with Crippen molar-refractivity contribution in [2.45, 2.75) is 23.9 Å². The second kappa shape index (κ2) is 5.27. The minimum Gasteiger partial charge on any atom is -0.294 e. The number of nitrogens with zero attached hydrogens (tertiary/aromatic N) is 2. The summed E-state index contributed by atoms with van der Waals surface area (Å²) >= 11 is 1.18. The monoisotopic (exact) mass is 262 g/mol. The number of aromatic nitrogens is 2. The molecule has 18 heavy (non-hydrogen) atoms. The van der Waals surface area contributed by atoms with Crippen LogP contribution in [-0.2, 0) is 0 Å². The van der Waals surface area contributed by atoms with Gasteiger partial charge in [-0.1, -0.05) is 6.07 Å². The molecular weight excluding hydrogens is 251 g/mol. The first-order chi connectivity index (χ1) is 8.58. The molecule has 0 spiro atoms. The lowest BCUT2D eigenvalue weighted by Crippen LogP contribution is -2.00. The van der Waals surface area contributed by atoms with Gasteiger partial charge in [-0.05, 0) is 43.3 Å². The van der Waals surface area contributed by atoms with Gasteiger partial charge in [0.15, 0.2) is 10.9 Å². The van der Waals surface area contributed by atoms with E-state index in [9.17, 15) is 9.18 Å². The zero-order valence-electron chi connectivity index (χ0n) is 9.98. The lowest BCUT2D eigenvalue weighted by atomic mass is 10.1. The molecule has 0 bridgehead atoms. The molecule has 0 amide bonds. The molecule has 0 N–H and O–H groups in total. The van der Waals surface area contributed by atoms with E-state index in [0.717, 1.165) is 5.56 Å². The molecule has 0 saturated carbocycles. The standard InChI is InChI=1S/C13H11FN2OS/c1-8-6-15-13(16-7-8)18-11-5-3-4-10(14)12(11)9(2)17/h3-7H,1-2H3. The van der Waals surface area contributed by atoms with Crippen LogP contribution < -0.4 is 0 Å². The summed E-state index contributed by atoms with van der Waals surface area (Å²) in [6, 6.07) is 4.53. The van der Waals surface area contributed by atoms with Gasteiger partial charge in [0, 0.05) is 17.3 Å². The quantitative estimate of drug-likeness (QED) is 0.629. The van der Waals surface area contributed by atoms with Crippen LogP contribution in [-0.4, -0.2) is 15.8 Å². The fourth-order valence-electron chi connectivity index (χ4n) is 1.46. The molecule has 3 nitrogen and oxygen atoms in total. The normalized spacial score (nSPS) is 10.4. The van der Waals surface area contributed by atoms with Crippen LogP contribution >= 0.6 is 11.8 Å². The number of hydrogen-bond acceptors (Lipinski definition) is 4. The first-order valence-electron chi connectivity index (χ1n) is 5.34. The predicted molar refractivity (Wildman–Crippen MR) is 67.3 cm³/mol. The highest BCUT2D eigenvalue weighted by Gasteiger charge is 2.14. The Morgan fingerprint density at radius 1 is 1.28 bits per heavy atom. The van der Waals surface area contributed by atoms with Crippen molar-refractivity contribution in [3.8, 4) is 0 Å². The first kappa shape index (κ1) is 12.7. The van der Waals surface area contributed by atoms with Gasteiger partial charge in [-0.25, -0.2) is 14.4 Å². The van der Waals surface area contributed by atoms with Gasteiger partial charge in [-0.15, -0.1) is 0 Å². The van der Waals surface area contributed by atoms with Crippen molar-refractivity contribution < 1.29 is 9.18 Å². The van der Waals surface area contributed by atoms with Crippen LogP contribution in [0, 0.1) is 12.7 Å². The Kier molecular flexibility index (Phi) is 3.72. The van der Waals surface area contributed by atoms with Crippen molar-refractivity contribution in [2.24, 2.45) is 0 Å². The number of halogens is 1. The van der Waals surface area contributed by atoms with E-state index in [1.54, 1.807) is 24.5 Å². The van der Waals surface area contributed by atoms with Gasteiger partial charge in [-0.3, -0.25) is 4.79 Å². The van der Waals surface area contributed by atoms with E-state index in [0.29, 0.717) is 10.1 Å². The number of hydrogen-bond donors (Lipinski definition) is 0. The molecule has 0 atom stereocenters. The van der Waals surface area contributed by atoms with E-state index in [2.05, 4.69) is 9.97 Å². The maximum Gasteiger partial charge on any atom is 0.192 e. The van der Waals surface area contributed by atoms with Gasteiger partial charge in [0.25, 0.3) is 0 Å². The maximum atomic E-state index is 13.6. The molecule has 0 radical (unpaired) electrons. The molecular formula is C13H11FN2OS. The third-order valence-electron chi connectivity index (χ3n) is 2.29. The zero-order valence-corrected chi connectivity index (χ0v) is 10.8. The zero-order chi connectivity index (χ0) is 13.1. The fourth-order valence-corrected chi connectivity index (χ4v) is 2.36. The number of ketones is 1. The highest BCUT2D eigenvalue weighted by Crippen LogP contribution is 2.29. The molecule has 1 aromatic carbocycles. The predicted octanol–water partition coefficient (Wildman–Crippen LogP) is 3.28. The Balaban J connectivity index is 2.37. The van der Waals surface area contributed by atoms with E-state index < -0.39 is 5.82 Å². The first-order valence-corrected chi connectivity index (χ1v) is 6.15. The summed E-state index contributed by atoms with van der Waals surface area (Å²) < 4.78 is 13.6. The van der Waals surface area contributed by atoms with Crippen molar-refractivity contribution in [2.75, 3.05) is 0 Å². The van der Waals surface area contributed by atoms with Crippen molar-refractivity contribution in [1.29, 1.82) is 0 Å². The highest BCUT2D eigenvalue weighted by molar-refractivity contribution is 7.99. The van der Waals surface area contributed by atoms with Crippen LogP contribution in [0.5, 0.6) is 0 Å². The Labute approximate surface area is 108 Å². The molecule has 1 aromatic heterocycles. The van der Waals surface area contributed by atoms with Gasteiger partial charge in [0.1, 0.15) is 5.82 Å². The van der Waals surface area contributed by atoms with Gasteiger partial charge in [-0.2, -0.15) is 0 Å². The van der Waals surface area contributed by atoms with Gasteiger partial charge >= 0.3 is 0 Å². The molecule has 2 rings (SSSR count). The molecule has 0 fully saturated rings. The van der Waals surface area contributed by atoms with Crippen LogP contribution in [0.15, 0.2) is 40.6 Å². The summed E-state index contributed by atoms with van der Waals surface area (Å²) in [6.07, 6.45) is 3.37. The molecule has 0 saturated heterocycles. The molecule has 0 aliphatic carbocycles. The summed E-state index contributed by atoms with van der Waals surface area (Å²) in [7, 11) is 0. The van der Waals surface area contributed by atoms with E-state index in [4.69, 9.17) is 0 Å². The Morgan fingerprint density at radius 2 is 1.94 bits per heavy atom. The van der Waals surface area contributed by atoms with Crippen LogP contribution in [0.4, 0.5) is 4.39 Å². The summed E-state index contributed by atoms with van der Waals surface area (Å²) in [5.74, 6) is -0.817. The van der Waals surface area contributed by atoms with Crippen molar-refractivity contribution in [3.05, 3.63) is 47.5 Å². The fraction of sp³-hybridized carbons (Fsp3) is 0.154. The average Bonchev–Trinajstić information content (AvgIpc) is 2.32. The molecule has 0 aliphatic heterocycles. The van der Waals surface area contributed by atoms with Crippen LogP contribution in [0.25, 0.3) is 0 Å². The van der Waals surface area contributed by atoms with E-state index >= 15 is 0 Å². The maximum absolute atomic E-state index is 13.6. The summed E-state index contributed by atoms with van der Waals surface area (Å²) in [5.41, 5.74) is 1.04. The van der Waals surface area contributed by atoms with E-state index in [1.807, 2.05) is 6.92 Å². The lowest BCUT2D eigenvalue weighted by molar-refractivity contribution is 0.101. The average molecular weight is 262 g/mol. The van der Waals surface area contributed by atoms with E-state index in [-0.39, 0.29) is 11.3 Å². The molecule has 5 heteroatoms. The third kappa shape index (κ3) is 2.73. The molecule has 1 heterocycles. The molecule has 2 aromatic rings. The number of Topliss-reactive ketones (excluding diaryl/α,β-unsaturated/α-hetero) is 1. The molecule has 92 valence electrons.